The van der Waals surface area contributed by atoms with E-state index in [9.17, 15) is 0 Å². The van der Waals surface area contributed by atoms with Crippen LogP contribution in [0.5, 0.6) is 0 Å². The lowest BCUT2D eigenvalue weighted by Gasteiger charge is -2.17. The summed E-state index contributed by atoms with van der Waals surface area (Å²) >= 11 is 0. The molecule has 0 N–H and O–H groups in total. The molecule has 17 heavy (non-hydrogen) atoms. The molecule has 0 rings (SSSR count). The van der Waals surface area contributed by atoms with Crippen LogP contribution >= 0.6 is 20.3 Å². The molecule has 0 aromatic carbocycles. The third-order valence-electron chi connectivity index (χ3n) is 2.27. The van der Waals surface area contributed by atoms with E-state index >= 15 is 0 Å². The second-order valence-corrected chi connectivity index (χ2v) is 6.12. The molecule has 0 fully saturated rings. The van der Waals surface area contributed by atoms with Crippen LogP contribution in [0.1, 0.15) is 20.8 Å². The number of ether oxygens (including phenoxy) is 3. The Bertz CT molecular complexity index is 115. The quantitative estimate of drug-likeness (QED) is 0.408. The molecule has 0 amide bonds. The summed E-state index contributed by atoms with van der Waals surface area (Å²) in [7, 11) is 0.0295. The Balaban J connectivity index is 0. The van der Waals surface area contributed by atoms with Gasteiger partial charge in [-0.05, 0) is 39.3 Å². The normalized spacial score (nSPS) is 10.6. The Morgan fingerprint density at radius 2 is 0.941 bits per heavy atom. The average molecular weight is 287 g/mol. The van der Waals surface area contributed by atoms with Crippen LogP contribution in [0.15, 0.2) is 0 Å². The highest BCUT2D eigenvalue weighted by Crippen LogP contribution is 2.34. The van der Waals surface area contributed by atoms with E-state index in [4.69, 9.17) is 14.2 Å². The number of halogens is 1. The van der Waals surface area contributed by atoms with E-state index in [0.717, 1.165) is 39.6 Å². The van der Waals surface area contributed by atoms with Crippen LogP contribution in [-0.2, 0) is 14.2 Å². The monoisotopic (exact) mass is 286 g/mol. The van der Waals surface area contributed by atoms with Gasteiger partial charge in [-0.2, -0.15) is 0 Å². The fraction of sp³-hybridized carbons (Fsp3) is 1.00. The minimum atomic E-state index is 0. The summed E-state index contributed by atoms with van der Waals surface area (Å²) in [5, 5.41) is 0. The maximum Gasteiger partial charge on any atom is 0.0505 e. The van der Waals surface area contributed by atoms with Gasteiger partial charge in [0.25, 0.3) is 0 Å². The zero-order valence-corrected chi connectivity index (χ0v) is 13.2. The van der Waals surface area contributed by atoms with Crippen LogP contribution in [0.25, 0.3) is 0 Å². The van der Waals surface area contributed by atoms with E-state index < -0.39 is 0 Å². The minimum absolute atomic E-state index is 0. The molecule has 0 aliphatic rings. The highest BCUT2D eigenvalue weighted by molar-refractivity contribution is 7.57. The van der Waals surface area contributed by atoms with Gasteiger partial charge in [0.2, 0.25) is 0 Å². The molecule has 0 aromatic heterocycles. The Hall–Kier alpha value is 0.600. The van der Waals surface area contributed by atoms with E-state index in [2.05, 4.69) is 0 Å². The zero-order valence-electron chi connectivity index (χ0n) is 11.4. The van der Waals surface area contributed by atoms with E-state index in [1.165, 1.54) is 18.5 Å². The fourth-order valence-electron chi connectivity index (χ4n) is 1.35. The van der Waals surface area contributed by atoms with Crippen molar-refractivity contribution in [3.8, 4) is 0 Å². The molecule has 3 nitrogen and oxygen atoms in total. The molecule has 0 spiro atoms. The Morgan fingerprint density at radius 3 is 1.18 bits per heavy atom. The fourth-order valence-corrected chi connectivity index (χ4v) is 3.18. The third kappa shape index (κ3) is 14.5. The molecule has 0 saturated heterocycles. The van der Waals surface area contributed by atoms with Gasteiger partial charge in [0.15, 0.2) is 0 Å². The van der Waals surface area contributed by atoms with Gasteiger partial charge in [-0.25, -0.2) is 0 Å². The van der Waals surface area contributed by atoms with Crippen molar-refractivity contribution in [3.63, 3.8) is 0 Å². The van der Waals surface area contributed by atoms with Crippen molar-refractivity contribution in [2.24, 2.45) is 0 Å². The van der Waals surface area contributed by atoms with Crippen molar-refractivity contribution in [2.75, 3.05) is 58.1 Å². The molecule has 0 radical (unpaired) electrons. The van der Waals surface area contributed by atoms with Crippen LogP contribution in [0.4, 0.5) is 0 Å². The highest BCUT2D eigenvalue weighted by atomic mass is 35.5. The maximum absolute atomic E-state index is 5.41. The first-order valence-corrected chi connectivity index (χ1v) is 8.20. The van der Waals surface area contributed by atoms with Gasteiger partial charge in [0, 0.05) is 19.8 Å². The number of rotatable bonds is 12. The predicted molar refractivity (Wildman–Crippen MR) is 78.2 cm³/mol. The van der Waals surface area contributed by atoms with E-state index in [1.807, 2.05) is 20.8 Å². The van der Waals surface area contributed by atoms with Crippen LogP contribution in [0, 0.1) is 0 Å². The van der Waals surface area contributed by atoms with Gasteiger partial charge in [0.1, 0.15) is 0 Å². The van der Waals surface area contributed by atoms with Crippen molar-refractivity contribution in [2.45, 2.75) is 20.8 Å². The molecule has 0 aliphatic heterocycles. The standard InChI is InChI=1S/C12H27O3P.ClH/c1-4-13-7-10-16(11-8-14-5-2)12-9-15-6-3;/h4-12H2,1-3H3;1H. The molecule has 0 bridgehead atoms. The largest absolute Gasteiger partial charge is 0.381 e. The summed E-state index contributed by atoms with van der Waals surface area (Å²) in [4.78, 5) is 0. The number of hydrogen-bond acceptors (Lipinski definition) is 3. The summed E-state index contributed by atoms with van der Waals surface area (Å²) < 4.78 is 16.2. The molecular formula is C12H28ClO3P. The summed E-state index contributed by atoms with van der Waals surface area (Å²) in [5.41, 5.74) is 0. The van der Waals surface area contributed by atoms with Crippen LogP contribution < -0.4 is 0 Å². The first-order chi connectivity index (χ1) is 7.85. The molecule has 0 unspecified atom stereocenters. The lowest BCUT2D eigenvalue weighted by Crippen LogP contribution is -2.09. The first kappa shape index (κ1) is 19.9. The second-order valence-electron chi connectivity index (χ2n) is 3.43. The van der Waals surface area contributed by atoms with Crippen molar-refractivity contribution in [3.05, 3.63) is 0 Å². The third-order valence-corrected chi connectivity index (χ3v) is 4.71. The summed E-state index contributed by atoms with van der Waals surface area (Å²) in [6.45, 7) is 11.3. The second kappa shape index (κ2) is 16.6. The van der Waals surface area contributed by atoms with Gasteiger partial charge in [-0.3, -0.25) is 0 Å². The molecule has 0 aromatic rings. The lowest BCUT2D eigenvalue weighted by atomic mass is 10.8. The molecule has 106 valence electrons. The smallest absolute Gasteiger partial charge is 0.0505 e. The SMILES string of the molecule is CCOCCP(CCOCC)CCOCC.Cl. The lowest BCUT2D eigenvalue weighted by molar-refractivity contribution is 0.157. The molecule has 0 saturated carbocycles. The first-order valence-electron chi connectivity index (χ1n) is 6.30. The van der Waals surface area contributed by atoms with Gasteiger partial charge < -0.3 is 14.2 Å². The van der Waals surface area contributed by atoms with Crippen molar-refractivity contribution < 1.29 is 14.2 Å². The van der Waals surface area contributed by atoms with E-state index in [0.29, 0.717) is 0 Å². The van der Waals surface area contributed by atoms with Crippen molar-refractivity contribution >= 4 is 20.3 Å². The molecular weight excluding hydrogens is 259 g/mol. The maximum atomic E-state index is 5.41. The predicted octanol–water partition coefficient (Wildman–Crippen LogP) is 3.00. The van der Waals surface area contributed by atoms with Gasteiger partial charge in [-0.15, -0.1) is 12.4 Å². The topological polar surface area (TPSA) is 27.7 Å². The molecule has 0 aliphatic carbocycles. The van der Waals surface area contributed by atoms with Crippen molar-refractivity contribution in [1.29, 1.82) is 0 Å². The summed E-state index contributed by atoms with van der Waals surface area (Å²) in [5.74, 6) is 0. The van der Waals surface area contributed by atoms with Crippen LogP contribution in [0.3, 0.4) is 0 Å². The number of hydrogen-bond donors (Lipinski definition) is 0. The molecule has 0 heterocycles. The molecule has 5 heteroatoms. The Morgan fingerprint density at radius 1 is 0.647 bits per heavy atom. The van der Waals surface area contributed by atoms with Crippen LogP contribution in [-0.4, -0.2) is 58.1 Å². The average Bonchev–Trinajstić information content (AvgIpc) is 2.29. The minimum Gasteiger partial charge on any atom is -0.381 e. The van der Waals surface area contributed by atoms with E-state index in [-0.39, 0.29) is 20.3 Å². The van der Waals surface area contributed by atoms with Crippen LogP contribution in [0.2, 0.25) is 0 Å². The molecule has 0 atom stereocenters. The van der Waals surface area contributed by atoms with E-state index in [1.54, 1.807) is 0 Å². The highest BCUT2D eigenvalue weighted by Gasteiger charge is 2.07. The van der Waals surface area contributed by atoms with Crippen molar-refractivity contribution in [1.82, 2.24) is 0 Å². The summed E-state index contributed by atoms with van der Waals surface area (Å²) in [6.07, 6.45) is 3.55. The van der Waals surface area contributed by atoms with Gasteiger partial charge in [0.05, 0.1) is 19.8 Å². The Kier molecular flexibility index (Phi) is 19.5. The Labute approximate surface area is 114 Å². The van der Waals surface area contributed by atoms with Gasteiger partial charge in [-0.1, -0.05) is 7.92 Å². The van der Waals surface area contributed by atoms with Gasteiger partial charge >= 0.3 is 0 Å². The summed E-state index contributed by atoms with van der Waals surface area (Å²) in [6, 6.07) is 0. The zero-order chi connectivity index (χ0) is 12.1.